The van der Waals surface area contributed by atoms with E-state index in [1.54, 1.807) is 0 Å². The largest absolute Gasteiger partial charge is 0.326 e. The molecule has 14 heavy (non-hydrogen) atoms. The second-order valence-electron chi connectivity index (χ2n) is 5.54. The van der Waals surface area contributed by atoms with Crippen molar-refractivity contribution in [2.24, 2.45) is 17.6 Å². The minimum atomic E-state index is 0.370. The van der Waals surface area contributed by atoms with Gasteiger partial charge in [0, 0.05) is 25.2 Å². The average Bonchev–Trinajstić information content (AvgIpc) is 2.98. The Labute approximate surface area is 87.8 Å². The molecular weight excluding hydrogens is 172 g/mol. The lowest BCUT2D eigenvalue weighted by Gasteiger charge is -2.27. The summed E-state index contributed by atoms with van der Waals surface area (Å²) in [4.78, 5) is 2.66. The van der Waals surface area contributed by atoms with Gasteiger partial charge in [-0.15, -0.1) is 0 Å². The van der Waals surface area contributed by atoms with Gasteiger partial charge < -0.3 is 5.73 Å². The first kappa shape index (κ1) is 10.4. The van der Waals surface area contributed by atoms with E-state index in [1.807, 2.05) is 0 Å². The van der Waals surface area contributed by atoms with E-state index < -0.39 is 0 Å². The normalized spacial score (nSPS) is 24.6. The van der Waals surface area contributed by atoms with Crippen LogP contribution in [-0.2, 0) is 0 Å². The molecule has 82 valence electrons. The molecule has 2 saturated carbocycles. The van der Waals surface area contributed by atoms with Gasteiger partial charge in [0.1, 0.15) is 0 Å². The summed E-state index contributed by atoms with van der Waals surface area (Å²) in [6, 6.07) is 1.26. The van der Waals surface area contributed by atoms with E-state index in [0.29, 0.717) is 12.0 Å². The highest BCUT2D eigenvalue weighted by atomic mass is 15.2. The first-order valence-electron chi connectivity index (χ1n) is 6.16. The third-order valence-corrected chi connectivity index (χ3v) is 3.55. The molecule has 0 aliphatic heterocycles. The van der Waals surface area contributed by atoms with Crippen molar-refractivity contribution >= 4 is 0 Å². The Hall–Kier alpha value is -0.0800. The van der Waals surface area contributed by atoms with Crippen molar-refractivity contribution in [3.05, 3.63) is 0 Å². The van der Waals surface area contributed by atoms with E-state index in [1.165, 1.54) is 32.2 Å². The maximum absolute atomic E-state index is 6.14. The summed E-state index contributed by atoms with van der Waals surface area (Å²) in [5, 5.41) is 0. The van der Waals surface area contributed by atoms with Crippen LogP contribution in [0, 0.1) is 11.8 Å². The van der Waals surface area contributed by atoms with E-state index in [9.17, 15) is 0 Å². The Morgan fingerprint density at radius 2 is 1.86 bits per heavy atom. The van der Waals surface area contributed by atoms with Crippen molar-refractivity contribution in [2.45, 2.75) is 51.6 Å². The summed E-state index contributed by atoms with van der Waals surface area (Å²) in [6.45, 7) is 6.91. The number of hydrogen-bond donors (Lipinski definition) is 1. The van der Waals surface area contributed by atoms with Crippen LogP contribution < -0.4 is 5.73 Å². The summed E-state index contributed by atoms with van der Waals surface area (Å²) in [7, 11) is 0. The zero-order chi connectivity index (χ0) is 10.1. The predicted molar refractivity (Wildman–Crippen MR) is 60.1 cm³/mol. The van der Waals surface area contributed by atoms with Crippen LogP contribution in [-0.4, -0.2) is 30.1 Å². The van der Waals surface area contributed by atoms with Gasteiger partial charge in [0.05, 0.1) is 0 Å². The molecule has 1 unspecified atom stereocenters. The Kier molecular flexibility index (Phi) is 3.13. The molecule has 2 rings (SSSR count). The van der Waals surface area contributed by atoms with Gasteiger partial charge in [0.25, 0.3) is 0 Å². The van der Waals surface area contributed by atoms with Crippen LogP contribution in [0.3, 0.4) is 0 Å². The van der Waals surface area contributed by atoms with Crippen molar-refractivity contribution < 1.29 is 0 Å². The standard InChI is InChI=1S/C12H24N2/c1-9(2)12(13)8-14(11-5-6-11)7-10-3-4-10/h9-12H,3-8,13H2,1-2H3. The molecule has 2 fully saturated rings. The zero-order valence-electron chi connectivity index (χ0n) is 9.58. The summed E-state index contributed by atoms with van der Waals surface area (Å²) in [5.41, 5.74) is 6.14. The fraction of sp³-hybridized carbons (Fsp3) is 1.00. The molecule has 2 heteroatoms. The smallest absolute Gasteiger partial charge is 0.0191 e. The van der Waals surface area contributed by atoms with Gasteiger partial charge in [0.15, 0.2) is 0 Å². The fourth-order valence-corrected chi connectivity index (χ4v) is 1.93. The predicted octanol–water partition coefficient (Wildman–Crippen LogP) is 1.84. The molecule has 2 aliphatic carbocycles. The van der Waals surface area contributed by atoms with E-state index >= 15 is 0 Å². The Morgan fingerprint density at radius 3 is 2.29 bits per heavy atom. The zero-order valence-corrected chi connectivity index (χ0v) is 9.58. The van der Waals surface area contributed by atoms with E-state index in [-0.39, 0.29) is 0 Å². The molecule has 0 radical (unpaired) electrons. The second-order valence-corrected chi connectivity index (χ2v) is 5.54. The topological polar surface area (TPSA) is 29.3 Å². The van der Waals surface area contributed by atoms with Crippen LogP contribution in [0.15, 0.2) is 0 Å². The maximum Gasteiger partial charge on any atom is 0.0191 e. The first-order chi connectivity index (χ1) is 6.66. The molecule has 0 spiro atoms. The fourth-order valence-electron chi connectivity index (χ4n) is 1.93. The molecule has 0 saturated heterocycles. The highest BCUT2D eigenvalue weighted by Gasteiger charge is 2.34. The van der Waals surface area contributed by atoms with E-state index in [4.69, 9.17) is 5.73 Å². The molecule has 0 aromatic rings. The number of nitrogens with zero attached hydrogens (tertiary/aromatic N) is 1. The first-order valence-corrected chi connectivity index (χ1v) is 6.16. The van der Waals surface area contributed by atoms with Crippen LogP contribution in [0.5, 0.6) is 0 Å². The summed E-state index contributed by atoms with van der Waals surface area (Å²) in [5.74, 6) is 1.63. The second kappa shape index (κ2) is 4.19. The molecule has 2 nitrogen and oxygen atoms in total. The van der Waals surface area contributed by atoms with Crippen LogP contribution in [0.1, 0.15) is 39.5 Å². The number of nitrogens with two attached hydrogens (primary N) is 1. The minimum absolute atomic E-state index is 0.370. The Bertz CT molecular complexity index is 183. The van der Waals surface area contributed by atoms with Crippen LogP contribution >= 0.6 is 0 Å². The van der Waals surface area contributed by atoms with E-state index in [0.717, 1.165) is 18.5 Å². The Morgan fingerprint density at radius 1 is 1.21 bits per heavy atom. The lowest BCUT2D eigenvalue weighted by Crippen LogP contribution is -2.42. The lowest BCUT2D eigenvalue weighted by atomic mass is 10.0. The molecular formula is C12H24N2. The van der Waals surface area contributed by atoms with Crippen molar-refractivity contribution in [1.29, 1.82) is 0 Å². The molecule has 0 aromatic heterocycles. The van der Waals surface area contributed by atoms with Gasteiger partial charge >= 0.3 is 0 Å². The van der Waals surface area contributed by atoms with Crippen LogP contribution in [0.2, 0.25) is 0 Å². The van der Waals surface area contributed by atoms with Crippen molar-refractivity contribution in [1.82, 2.24) is 4.90 Å². The van der Waals surface area contributed by atoms with Crippen molar-refractivity contribution in [3.63, 3.8) is 0 Å². The monoisotopic (exact) mass is 196 g/mol. The molecule has 2 aliphatic rings. The van der Waals surface area contributed by atoms with Crippen molar-refractivity contribution in [2.75, 3.05) is 13.1 Å². The summed E-state index contributed by atoms with van der Waals surface area (Å²) < 4.78 is 0. The minimum Gasteiger partial charge on any atom is -0.326 e. The van der Waals surface area contributed by atoms with Crippen LogP contribution in [0.25, 0.3) is 0 Å². The highest BCUT2D eigenvalue weighted by Crippen LogP contribution is 2.34. The molecule has 0 aromatic carbocycles. The van der Waals surface area contributed by atoms with Crippen LogP contribution in [0.4, 0.5) is 0 Å². The molecule has 2 N–H and O–H groups in total. The van der Waals surface area contributed by atoms with Gasteiger partial charge in [0.2, 0.25) is 0 Å². The quantitative estimate of drug-likeness (QED) is 0.702. The summed E-state index contributed by atoms with van der Waals surface area (Å²) >= 11 is 0. The summed E-state index contributed by atoms with van der Waals surface area (Å²) in [6.07, 6.45) is 5.75. The molecule has 0 amide bonds. The number of rotatable bonds is 6. The van der Waals surface area contributed by atoms with Gasteiger partial charge in [-0.3, -0.25) is 4.90 Å². The molecule has 1 atom stereocenters. The average molecular weight is 196 g/mol. The van der Waals surface area contributed by atoms with Gasteiger partial charge in [-0.25, -0.2) is 0 Å². The third kappa shape index (κ3) is 2.96. The van der Waals surface area contributed by atoms with Gasteiger partial charge in [-0.2, -0.15) is 0 Å². The maximum atomic E-state index is 6.14. The lowest BCUT2D eigenvalue weighted by molar-refractivity contribution is 0.220. The molecule has 0 bridgehead atoms. The number of hydrogen-bond acceptors (Lipinski definition) is 2. The molecule has 0 heterocycles. The third-order valence-electron chi connectivity index (χ3n) is 3.55. The Balaban J connectivity index is 1.77. The van der Waals surface area contributed by atoms with Gasteiger partial charge in [-0.05, 0) is 37.5 Å². The highest BCUT2D eigenvalue weighted by molar-refractivity contribution is 4.90. The van der Waals surface area contributed by atoms with E-state index in [2.05, 4.69) is 18.7 Å². The SMILES string of the molecule is CC(C)C(N)CN(CC1CC1)C1CC1. The van der Waals surface area contributed by atoms with Crippen molar-refractivity contribution in [3.8, 4) is 0 Å². The van der Waals surface area contributed by atoms with Gasteiger partial charge in [-0.1, -0.05) is 13.8 Å².